The van der Waals surface area contributed by atoms with E-state index in [4.69, 9.17) is 0 Å². The van der Waals surface area contributed by atoms with Crippen LogP contribution in [-0.4, -0.2) is 50.5 Å². The zero-order valence-electron chi connectivity index (χ0n) is 15.1. The summed E-state index contributed by atoms with van der Waals surface area (Å²) < 4.78 is 28.0. The zero-order chi connectivity index (χ0) is 19.6. The first-order chi connectivity index (χ1) is 13.5. The Morgan fingerprint density at radius 3 is 2.50 bits per heavy atom. The molecule has 3 aromatic heterocycles. The van der Waals surface area contributed by atoms with E-state index in [-0.39, 0.29) is 16.5 Å². The lowest BCUT2D eigenvalue weighted by atomic mass is 9.98. The number of aromatic amines is 1. The Kier molecular flexibility index (Phi) is 5.05. The molecule has 1 aliphatic heterocycles. The topological polar surface area (TPSA) is 114 Å². The Hall–Kier alpha value is -2.85. The van der Waals surface area contributed by atoms with E-state index in [2.05, 4.69) is 20.1 Å². The summed E-state index contributed by atoms with van der Waals surface area (Å²) in [4.78, 5) is 22.7. The predicted molar refractivity (Wildman–Crippen MR) is 102 cm³/mol. The fourth-order valence-electron chi connectivity index (χ4n) is 3.36. The minimum absolute atomic E-state index is 0.105. The molecule has 1 aliphatic rings. The number of rotatable bonds is 5. The second-order valence-electron chi connectivity index (χ2n) is 6.74. The number of piperidine rings is 1. The number of nitrogens with one attached hydrogen (secondary N) is 1. The number of pyridine rings is 1. The highest BCUT2D eigenvalue weighted by atomic mass is 32.2. The molecule has 0 atom stereocenters. The first-order valence-electron chi connectivity index (χ1n) is 9.01. The summed E-state index contributed by atoms with van der Waals surface area (Å²) in [5.74, 6) is 0.186. The van der Waals surface area contributed by atoms with E-state index < -0.39 is 10.0 Å². The zero-order valence-corrected chi connectivity index (χ0v) is 15.9. The molecule has 28 heavy (non-hydrogen) atoms. The van der Waals surface area contributed by atoms with Crippen LogP contribution in [0.5, 0.6) is 0 Å². The van der Waals surface area contributed by atoms with Crippen molar-refractivity contribution in [3.8, 4) is 11.3 Å². The first-order valence-corrected chi connectivity index (χ1v) is 10.4. The van der Waals surface area contributed by atoms with E-state index in [0.717, 1.165) is 5.56 Å². The number of hydrogen-bond donors (Lipinski definition) is 1. The van der Waals surface area contributed by atoms with Crippen molar-refractivity contribution >= 4 is 10.0 Å². The van der Waals surface area contributed by atoms with Gasteiger partial charge in [-0.25, -0.2) is 18.1 Å². The highest BCUT2D eigenvalue weighted by molar-refractivity contribution is 7.89. The number of H-pyrrole nitrogens is 1. The van der Waals surface area contributed by atoms with Gasteiger partial charge < -0.3 is 4.98 Å². The average Bonchev–Trinajstić information content (AvgIpc) is 3.27. The molecule has 0 aliphatic carbocycles. The van der Waals surface area contributed by atoms with E-state index in [1.165, 1.54) is 27.6 Å². The van der Waals surface area contributed by atoms with Crippen molar-refractivity contribution < 1.29 is 8.42 Å². The van der Waals surface area contributed by atoms with Crippen molar-refractivity contribution in [3.05, 3.63) is 59.5 Å². The van der Waals surface area contributed by atoms with Crippen LogP contribution in [-0.2, 0) is 16.6 Å². The predicted octanol–water partition coefficient (Wildman–Crippen LogP) is 1.13. The SMILES string of the molecule is O=c1ccc(-c2ccncc2)nn1CC1CCN(S(=O)(=O)c2cnc[nH]2)CC1. The second-order valence-corrected chi connectivity index (χ2v) is 8.64. The molecule has 0 aromatic carbocycles. The van der Waals surface area contributed by atoms with Gasteiger partial charge in [-0.3, -0.25) is 9.78 Å². The van der Waals surface area contributed by atoms with Gasteiger partial charge in [0, 0.05) is 43.7 Å². The maximum atomic E-state index is 12.6. The van der Waals surface area contributed by atoms with Crippen LogP contribution in [0.4, 0.5) is 0 Å². The fourth-order valence-corrected chi connectivity index (χ4v) is 4.72. The molecular formula is C18H20N6O3S. The lowest BCUT2D eigenvalue weighted by Crippen LogP contribution is -2.40. The normalized spacial score (nSPS) is 16.3. The third-order valence-electron chi connectivity index (χ3n) is 4.94. The minimum atomic E-state index is -3.54. The van der Waals surface area contributed by atoms with Gasteiger partial charge in [-0.05, 0) is 37.0 Å². The van der Waals surface area contributed by atoms with Gasteiger partial charge in [0.05, 0.1) is 18.2 Å². The number of nitrogens with zero attached hydrogens (tertiary/aromatic N) is 5. The summed E-state index contributed by atoms with van der Waals surface area (Å²) in [5, 5.41) is 4.58. The molecule has 4 heterocycles. The van der Waals surface area contributed by atoms with Crippen molar-refractivity contribution in [3.63, 3.8) is 0 Å². The van der Waals surface area contributed by atoms with Gasteiger partial charge in [0.1, 0.15) is 0 Å². The third kappa shape index (κ3) is 3.73. The summed E-state index contributed by atoms with van der Waals surface area (Å²) in [6.07, 6.45) is 7.37. The number of hydrogen-bond acceptors (Lipinski definition) is 6. The van der Waals surface area contributed by atoms with Gasteiger partial charge in [-0.1, -0.05) is 0 Å². The molecule has 3 aromatic rings. The van der Waals surface area contributed by atoms with Crippen molar-refractivity contribution in [1.29, 1.82) is 0 Å². The standard InChI is InChI=1S/C18H20N6O3S/c25-18-2-1-16(15-3-7-19-8-4-15)22-24(18)12-14-5-9-23(10-6-14)28(26,27)17-11-20-13-21-17/h1-4,7-8,11,13-14H,5-6,9-10,12H2,(H,20,21). The van der Waals surface area contributed by atoms with Crippen molar-refractivity contribution in [2.24, 2.45) is 5.92 Å². The Balaban J connectivity index is 1.45. The second kappa shape index (κ2) is 7.64. The van der Waals surface area contributed by atoms with Gasteiger partial charge in [0.15, 0.2) is 5.03 Å². The van der Waals surface area contributed by atoms with Gasteiger partial charge in [-0.15, -0.1) is 0 Å². The fraction of sp³-hybridized carbons (Fsp3) is 0.333. The van der Waals surface area contributed by atoms with Crippen molar-refractivity contribution in [1.82, 2.24) is 29.0 Å². The molecule has 0 saturated carbocycles. The minimum Gasteiger partial charge on any atom is -0.335 e. The molecule has 1 saturated heterocycles. The lowest BCUT2D eigenvalue weighted by Gasteiger charge is -2.30. The van der Waals surface area contributed by atoms with Gasteiger partial charge >= 0.3 is 0 Å². The summed E-state index contributed by atoms with van der Waals surface area (Å²) in [6, 6.07) is 6.90. The monoisotopic (exact) mass is 400 g/mol. The Morgan fingerprint density at radius 2 is 1.82 bits per heavy atom. The van der Waals surface area contributed by atoms with Gasteiger partial charge in [-0.2, -0.15) is 9.40 Å². The van der Waals surface area contributed by atoms with E-state index in [9.17, 15) is 13.2 Å². The molecule has 1 fully saturated rings. The van der Waals surface area contributed by atoms with E-state index in [0.29, 0.717) is 38.2 Å². The average molecular weight is 400 g/mol. The van der Waals surface area contributed by atoms with Gasteiger partial charge in [0.2, 0.25) is 0 Å². The number of sulfonamides is 1. The highest BCUT2D eigenvalue weighted by Crippen LogP contribution is 2.23. The molecule has 0 bridgehead atoms. The molecule has 4 rings (SSSR count). The number of aromatic nitrogens is 5. The molecule has 146 valence electrons. The molecule has 0 spiro atoms. The smallest absolute Gasteiger partial charge is 0.266 e. The molecule has 1 N–H and O–H groups in total. The molecule has 9 nitrogen and oxygen atoms in total. The molecule has 0 radical (unpaired) electrons. The van der Waals surface area contributed by atoms with E-state index >= 15 is 0 Å². The maximum absolute atomic E-state index is 12.6. The molecule has 10 heteroatoms. The quantitative estimate of drug-likeness (QED) is 0.687. The molecular weight excluding hydrogens is 380 g/mol. The van der Waals surface area contributed by atoms with Crippen LogP contribution in [0.25, 0.3) is 11.3 Å². The summed E-state index contributed by atoms with van der Waals surface area (Å²) in [6.45, 7) is 1.28. The van der Waals surface area contributed by atoms with Crippen LogP contribution in [0.3, 0.4) is 0 Å². The van der Waals surface area contributed by atoms with Crippen LogP contribution >= 0.6 is 0 Å². The lowest BCUT2D eigenvalue weighted by molar-refractivity contribution is 0.244. The first kappa shape index (κ1) is 18.5. The van der Waals surface area contributed by atoms with Crippen molar-refractivity contribution in [2.45, 2.75) is 24.4 Å². The Morgan fingerprint density at radius 1 is 1.07 bits per heavy atom. The maximum Gasteiger partial charge on any atom is 0.266 e. The summed E-state index contributed by atoms with van der Waals surface area (Å²) >= 11 is 0. The van der Waals surface area contributed by atoms with Crippen molar-refractivity contribution in [2.75, 3.05) is 13.1 Å². The van der Waals surface area contributed by atoms with Crippen LogP contribution in [0.15, 0.2) is 59.0 Å². The molecule has 0 amide bonds. The van der Waals surface area contributed by atoms with Gasteiger partial charge in [0.25, 0.3) is 15.6 Å². The van der Waals surface area contributed by atoms with E-state index in [1.807, 2.05) is 12.1 Å². The van der Waals surface area contributed by atoms with Crippen LogP contribution < -0.4 is 5.56 Å². The highest BCUT2D eigenvalue weighted by Gasteiger charge is 2.30. The largest absolute Gasteiger partial charge is 0.335 e. The molecule has 0 unspecified atom stereocenters. The van der Waals surface area contributed by atoms with Crippen LogP contribution in [0, 0.1) is 5.92 Å². The number of imidazole rings is 1. The van der Waals surface area contributed by atoms with E-state index in [1.54, 1.807) is 18.5 Å². The van der Waals surface area contributed by atoms with Crippen LogP contribution in [0.2, 0.25) is 0 Å². The third-order valence-corrected chi connectivity index (χ3v) is 6.76. The van der Waals surface area contributed by atoms with Crippen LogP contribution in [0.1, 0.15) is 12.8 Å². The summed E-state index contributed by atoms with van der Waals surface area (Å²) in [5.41, 5.74) is 1.44. The Labute approximate surface area is 162 Å². The summed E-state index contributed by atoms with van der Waals surface area (Å²) in [7, 11) is -3.54. The Bertz CT molecular complexity index is 1090.